The van der Waals surface area contributed by atoms with Crippen LogP contribution in [-0.2, 0) is 16.1 Å². The van der Waals surface area contributed by atoms with Crippen molar-refractivity contribution in [3.8, 4) is 5.75 Å². The van der Waals surface area contributed by atoms with Crippen LogP contribution in [0.5, 0.6) is 5.75 Å². The Hall–Kier alpha value is -3.35. The first-order valence-electron chi connectivity index (χ1n) is 10.6. The summed E-state index contributed by atoms with van der Waals surface area (Å²) < 4.78 is 26.6. The largest absolute Gasteiger partial charge is 0.487 e. The first-order valence-corrected chi connectivity index (χ1v) is 10.6. The summed E-state index contributed by atoms with van der Waals surface area (Å²) in [5, 5.41) is 3.56. The SMILES string of the molecule is CC(C)CC(=O)Nc1ccc(OCc2cc3ccc(F)cc3n2C(=O)OC(C)(C)C)cc1. The van der Waals surface area contributed by atoms with E-state index in [1.54, 1.807) is 57.2 Å². The van der Waals surface area contributed by atoms with Gasteiger partial charge in [0.1, 0.15) is 23.8 Å². The van der Waals surface area contributed by atoms with Gasteiger partial charge in [0.15, 0.2) is 0 Å². The van der Waals surface area contributed by atoms with Gasteiger partial charge in [-0.15, -0.1) is 0 Å². The molecular weight excluding hydrogens is 411 g/mol. The predicted octanol–water partition coefficient (Wildman–Crippen LogP) is 6.13. The van der Waals surface area contributed by atoms with Crippen molar-refractivity contribution in [1.29, 1.82) is 0 Å². The quantitative estimate of drug-likeness (QED) is 0.501. The number of benzene rings is 2. The van der Waals surface area contributed by atoms with Crippen LogP contribution in [0.4, 0.5) is 14.9 Å². The second kappa shape index (κ2) is 9.42. The molecule has 0 unspecified atom stereocenters. The second-order valence-electron chi connectivity index (χ2n) is 9.11. The number of carbonyl (C=O) groups is 2. The zero-order valence-corrected chi connectivity index (χ0v) is 19.1. The number of hydrogen-bond acceptors (Lipinski definition) is 4. The molecule has 3 aromatic rings. The van der Waals surface area contributed by atoms with Gasteiger partial charge in [-0.1, -0.05) is 13.8 Å². The lowest BCUT2D eigenvalue weighted by Crippen LogP contribution is -2.28. The molecule has 32 heavy (non-hydrogen) atoms. The second-order valence-corrected chi connectivity index (χ2v) is 9.11. The van der Waals surface area contributed by atoms with E-state index in [2.05, 4.69) is 5.32 Å². The van der Waals surface area contributed by atoms with Crippen LogP contribution in [0.1, 0.15) is 46.7 Å². The first kappa shape index (κ1) is 23.3. The first-order chi connectivity index (χ1) is 15.0. The molecule has 0 atom stereocenters. The van der Waals surface area contributed by atoms with E-state index in [1.165, 1.54) is 16.7 Å². The van der Waals surface area contributed by atoms with Crippen LogP contribution in [0.15, 0.2) is 48.5 Å². The highest BCUT2D eigenvalue weighted by atomic mass is 19.1. The fraction of sp³-hybridized carbons (Fsp3) is 0.360. The van der Waals surface area contributed by atoms with Crippen molar-refractivity contribution in [3.63, 3.8) is 0 Å². The molecule has 0 saturated heterocycles. The number of ether oxygens (including phenoxy) is 2. The molecule has 0 aliphatic carbocycles. The third kappa shape index (κ3) is 6.09. The summed E-state index contributed by atoms with van der Waals surface area (Å²) in [7, 11) is 0. The summed E-state index contributed by atoms with van der Waals surface area (Å²) in [5.41, 5.74) is 0.936. The molecule has 6 nitrogen and oxygen atoms in total. The molecule has 2 aromatic carbocycles. The molecule has 1 aromatic heterocycles. The molecule has 170 valence electrons. The summed E-state index contributed by atoms with van der Waals surface area (Å²) >= 11 is 0. The zero-order chi connectivity index (χ0) is 23.5. The molecule has 0 spiro atoms. The van der Waals surface area contributed by atoms with E-state index >= 15 is 0 Å². The van der Waals surface area contributed by atoms with Gasteiger partial charge in [-0.25, -0.2) is 13.8 Å². The zero-order valence-electron chi connectivity index (χ0n) is 19.1. The van der Waals surface area contributed by atoms with Crippen LogP contribution < -0.4 is 10.1 Å². The topological polar surface area (TPSA) is 69.6 Å². The number of anilines is 1. The minimum absolute atomic E-state index is 0.0391. The lowest BCUT2D eigenvalue weighted by atomic mass is 10.1. The fourth-order valence-corrected chi connectivity index (χ4v) is 3.24. The van der Waals surface area contributed by atoms with Crippen LogP contribution >= 0.6 is 0 Å². The Bertz CT molecular complexity index is 1110. The average molecular weight is 441 g/mol. The maximum absolute atomic E-state index is 13.8. The lowest BCUT2D eigenvalue weighted by molar-refractivity contribution is -0.116. The fourth-order valence-electron chi connectivity index (χ4n) is 3.24. The van der Waals surface area contributed by atoms with Gasteiger partial charge in [-0.3, -0.25) is 4.79 Å². The summed E-state index contributed by atoms with van der Waals surface area (Å²) in [6.45, 7) is 9.37. The van der Waals surface area contributed by atoms with Crippen LogP contribution in [0, 0.1) is 11.7 Å². The number of halogens is 1. The van der Waals surface area contributed by atoms with Gasteiger partial charge < -0.3 is 14.8 Å². The number of fused-ring (bicyclic) bond motifs is 1. The molecule has 3 rings (SSSR count). The van der Waals surface area contributed by atoms with Gasteiger partial charge in [0.2, 0.25) is 5.91 Å². The third-order valence-corrected chi connectivity index (χ3v) is 4.54. The van der Waals surface area contributed by atoms with Crippen molar-refractivity contribution in [2.24, 2.45) is 5.92 Å². The molecule has 0 aliphatic heterocycles. The van der Waals surface area contributed by atoms with Crippen molar-refractivity contribution in [3.05, 3.63) is 60.0 Å². The number of nitrogens with one attached hydrogen (secondary N) is 1. The Morgan fingerprint density at radius 1 is 1.06 bits per heavy atom. The molecule has 0 fully saturated rings. The highest BCUT2D eigenvalue weighted by molar-refractivity contribution is 5.91. The third-order valence-electron chi connectivity index (χ3n) is 4.54. The van der Waals surface area contributed by atoms with Gasteiger partial charge >= 0.3 is 6.09 Å². The Labute approximate surface area is 187 Å². The van der Waals surface area contributed by atoms with Gasteiger partial charge in [0.25, 0.3) is 0 Å². The molecule has 1 N–H and O–H groups in total. The van der Waals surface area contributed by atoms with Crippen molar-refractivity contribution in [1.82, 2.24) is 4.57 Å². The van der Waals surface area contributed by atoms with Crippen molar-refractivity contribution >= 4 is 28.6 Å². The smallest absolute Gasteiger partial charge is 0.419 e. The van der Waals surface area contributed by atoms with Gasteiger partial charge in [-0.2, -0.15) is 0 Å². The van der Waals surface area contributed by atoms with Crippen LogP contribution in [-0.4, -0.2) is 22.2 Å². The Kier molecular flexibility index (Phi) is 6.87. The van der Waals surface area contributed by atoms with Crippen molar-refractivity contribution < 1.29 is 23.5 Å². The van der Waals surface area contributed by atoms with Gasteiger partial charge in [0.05, 0.1) is 11.2 Å². The average Bonchev–Trinajstić information content (AvgIpc) is 3.03. The monoisotopic (exact) mass is 440 g/mol. The minimum Gasteiger partial charge on any atom is -0.487 e. The highest BCUT2D eigenvalue weighted by Gasteiger charge is 2.22. The van der Waals surface area contributed by atoms with E-state index in [4.69, 9.17) is 9.47 Å². The minimum atomic E-state index is -0.699. The van der Waals surface area contributed by atoms with Crippen LogP contribution in [0.3, 0.4) is 0 Å². The van der Waals surface area contributed by atoms with Crippen molar-refractivity contribution in [2.75, 3.05) is 5.32 Å². The molecule has 0 bridgehead atoms. The van der Waals surface area contributed by atoms with E-state index in [0.29, 0.717) is 34.5 Å². The predicted molar refractivity (Wildman–Crippen MR) is 122 cm³/mol. The van der Waals surface area contributed by atoms with Crippen molar-refractivity contribution in [2.45, 2.75) is 53.2 Å². The molecule has 0 aliphatic rings. The van der Waals surface area contributed by atoms with E-state index in [0.717, 1.165) is 0 Å². The maximum Gasteiger partial charge on any atom is 0.419 e. The molecular formula is C25H29FN2O4. The lowest BCUT2D eigenvalue weighted by Gasteiger charge is -2.21. The maximum atomic E-state index is 13.8. The number of aromatic nitrogens is 1. The van der Waals surface area contributed by atoms with E-state index < -0.39 is 17.5 Å². The Morgan fingerprint density at radius 2 is 1.75 bits per heavy atom. The van der Waals surface area contributed by atoms with E-state index in [9.17, 15) is 14.0 Å². The normalized spacial score (nSPS) is 11.6. The number of rotatable bonds is 6. The number of hydrogen-bond donors (Lipinski definition) is 1. The Balaban J connectivity index is 1.78. The number of amides is 1. The molecule has 1 heterocycles. The number of carbonyl (C=O) groups excluding carboxylic acids is 2. The standard InChI is InChI=1S/C25H29FN2O4/c1-16(2)12-23(29)27-19-8-10-21(11-9-19)31-15-20-13-17-6-7-18(26)14-22(17)28(20)24(30)32-25(3,4)5/h6-11,13-14,16H,12,15H2,1-5H3,(H,27,29). The molecule has 0 saturated carbocycles. The molecule has 1 amide bonds. The summed E-state index contributed by atoms with van der Waals surface area (Å²) in [4.78, 5) is 24.7. The van der Waals surface area contributed by atoms with Gasteiger partial charge in [0, 0.05) is 17.5 Å². The summed E-state index contributed by atoms with van der Waals surface area (Å²) in [6, 6.07) is 13.0. The summed E-state index contributed by atoms with van der Waals surface area (Å²) in [5.74, 6) is 0.368. The summed E-state index contributed by atoms with van der Waals surface area (Å²) in [6.07, 6.45) is -0.145. The van der Waals surface area contributed by atoms with Crippen LogP contribution in [0.2, 0.25) is 0 Å². The number of nitrogens with zero attached hydrogens (tertiary/aromatic N) is 1. The molecule has 0 radical (unpaired) electrons. The Morgan fingerprint density at radius 3 is 2.38 bits per heavy atom. The van der Waals surface area contributed by atoms with E-state index in [1.807, 2.05) is 13.8 Å². The highest BCUT2D eigenvalue weighted by Crippen LogP contribution is 2.25. The molecule has 7 heteroatoms. The van der Waals surface area contributed by atoms with E-state index in [-0.39, 0.29) is 18.4 Å². The van der Waals surface area contributed by atoms with Crippen LogP contribution in [0.25, 0.3) is 10.9 Å². The van der Waals surface area contributed by atoms with Gasteiger partial charge in [-0.05, 0) is 75.2 Å².